The van der Waals surface area contributed by atoms with Crippen LogP contribution in [0.4, 0.5) is 5.69 Å². The van der Waals surface area contributed by atoms with E-state index in [2.05, 4.69) is 32.3 Å². The van der Waals surface area contributed by atoms with Gasteiger partial charge in [0.15, 0.2) is 0 Å². The second-order valence-electron chi connectivity index (χ2n) is 5.01. The van der Waals surface area contributed by atoms with Crippen molar-refractivity contribution in [1.29, 1.82) is 0 Å². The highest BCUT2D eigenvalue weighted by Crippen LogP contribution is 2.17. The van der Waals surface area contributed by atoms with Crippen molar-refractivity contribution < 1.29 is 4.79 Å². The van der Waals surface area contributed by atoms with Crippen molar-refractivity contribution >= 4 is 33.2 Å². The standard InChI is InChI=1S/C18H15BrN2O/c19-14-5-3-6-15(12-14)21-18(22)9-8-17-16-7-2-1-4-13(16)10-11-20-17/h1-9,12H,10-11H2,(H,21,22). The van der Waals surface area contributed by atoms with Gasteiger partial charge in [0.1, 0.15) is 0 Å². The summed E-state index contributed by atoms with van der Waals surface area (Å²) in [6.45, 7) is 0.768. The highest BCUT2D eigenvalue weighted by atomic mass is 79.9. The Hall–Kier alpha value is -2.20. The topological polar surface area (TPSA) is 41.5 Å². The molecule has 0 unspecified atom stereocenters. The third-order valence-electron chi connectivity index (χ3n) is 3.44. The van der Waals surface area contributed by atoms with E-state index in [0.717, 1.165) is 34.4 Å². The first-order chi connectivity index (χ1) is 10.7. The number of halogens is 1. The van der Waals surface area contributed by atoms with Crippen molar-refractivity contribution in [1.82, 2.24) is 0 Å². The number of carbonyl (C=O) groups excluding carboxylic acids is 1. The molecule has 0 saturated heterocycles. The van der Waals surface area contributed by atoms with E-state index in [1.54, 1.807) is 6.08 Å². The number of hydrogen-bond donors (Lipinski definition) is 1. The lowest BCUT2D eigenvalue weighted by atomic mass is 9.97. The summed E-state index contributed by atoms with van der Waals surface area (Å²) in [5, 5.41) is 2.84. The first-order valence-corrected chi connectivity index (χ1v) is 7.89. The molecule has 1 amide bonds. The van der Waals surface area contributed by atoms with Crippen LogP contribution in [0.5, 0.6) is 0 Å². The van der Waals surface area contributed by atoms with E-state index in [1.165, 1.54) is 11.6 Å². The minimum atomic E-state index is -0.163. The highest BCUT2D eigenvalue weighted by Gasteiger charge is 2.11. The second kappa shape index (κ2) is 6.71. The van der Waals surface area contributed by atoms with Crippen LogP contribution in [0.15, 0.2) is 70.1 Å². The summed E-state index contributed by atoms with van der Waals surface area (Å²) in [5.74, 6) is -0.163. The van der Waals surface area contributed by atoms with Crippen molar-refractivity contribution in [3.8, 4) is 0 Å². The average molecular weight is 355 g/mol. The first kappa shape index (κ1) is 14.7. The van der Waals surface area contributed by atoms with Gasteiger partial charge in [-0.15, -0.1) is 0 Å². The van der Waals surface area contributed by atoms with Crippen molar-refractivity contribution in [2.75, 3.05) is 11.9 Å². The van der Waals surface area contributed by atoms with Crippen LogP contribution in [0.1, 0.15) is 11.1 Å². The maximum atomic E-state index is 12.0. The van der Waals surface area contributed by atoms with Gasteiger partial charge in [0.2, 0.25) is 5.91 Å². The Morgan fingerprint density at radius 2 is 2.05 bits per heavy atom. The Bertz CT molecular complexity index is 765. The van der Waals surface area contributed by atoms with Crippen LogP contribution < -0.4 is 5.32 Å². The van der Waals surface area contributed by atoms with Crippen molar-refractivity contribution in [3.05, 3.63) is 76.3 Å². The molecular formula is C18H15BrN2O. The van der Waals surface area contributed by atoms with Gasteiger partial charge in [-0.25, -0.2) is 0 Å². The molecule has 3 rings (SSSR count). The molecule has 2 aromatic rings. The molecule has 0 fully saturated rings. The van der Waals surface area contributed by atoms with Gasteiger partial charge in [-0.2, -0.15) is 0 Å². The lowest BCUT2D eigenvalue weighted by Crippen LogP contribution is -2.12. The molecule has 1 N–H and O–H groups in total. The summed E-state index contributed by atoms with van der Waals surface area (Å²) in [6.07, 6.45) is 4.27. The number of nitrogens with one attached hydrogen (secondary N) is 1. The third kappa shape index (κ3) is 3.52. The number of fused-ring (bicyclic) bond motifs is 1. The molecule has 4 heteroatoms. The van der Waals surface area contributed by atoms with Gasteiger partial charge in [-0.3, -0.25) is 9.79 Å². The molecule has 1 aliphatic rings. The van der Waals surface area contributed by atoms with Gasteiger partial charge in [-0.1, -0.05) is 46.3 Å². The summed E-state index contributed by atoms with van der Waals surface area (Å²) in [6, 6.07) is 15.7. The van der Waals surface area contributed by atoms with Gasteiger partial charge in [-0.05, 0) is 36.3 Å². The fourth-order valence-corrected chi connectivity index (χ4v) is 2.82. The van der Waals surface area contributed by atoms with E-state index in [4.69, 9.17) is 0 Å². The van der Waals surface area contributed by atoms with Crippen molar-refractivity contribution in [2.45, 2.75) is 6.42 Å². The van der Waals surface area contributed by atoms with E-state index in [1.807, 2.05) is 42.5 Å². The summed E-state index contributed by atoms with van der Waals surface area (Å²) in [5.41, 5.74) is 4.02. The Morgan fingerprint density at radius 3 is 2.91 bits per heavy atom. The number of hydrogen-bond acceptors (Lipinski definition) is 2. The largest absolute Gasteiger partial charge is 0.322 e. The normalized spacial score (nSPS) is 13.6. The molecule has 0 saturated carbocycles. The summed E-state index contributed by atoms with van der Waals surface area (Å²) in [4.78, 5) is 16.5. The van der Waals surface area contributed by atoms with Gasteiger partial charge < -0.3 is 5.32 Å². The average Bonchev–Trinajstić information content (AvgIpc) is 2.53. The zero-order valence-electron chi connectivity index (χ0n) is 11.9. The number of rotatable bonds is 3. The Labute approximate surface area is 137 Å². The first-order valence-electron chi connectivity index (χ1n) is 7.10. The minimum absolute atomic E-state index is 0.163. The molecule has 0 aliphatic carbocycles. The number of carbonyl (C=O) groups is 1. The van der Waals surface area contributed by atoms with E-state index in [9.17, 15) is 4.79 Å². The zero-order valence-corrected chi connectivity index (χ0v) is 13.5. The maximum Gasteiger partial charge on any atom is 0.248 e. The number of nitrogens with zero attached hydrogens (tertiary/aromatic N) is 1. The smallest absolute Gasteiger partial charge is 0.248 e. The quantitative estimate of drug-likeness (QED) is 0.831. The fourth-order valence-electron chi connectivity index (χ4n) is 2.42. The molecule has 1 heterocycles. The molecule has 110 valence electrons. The molecular weight excluding hydrogens is 340 g/mol. The molecule has 0 bridgehead atoms. The van der Waals surface area contributed by atoms with Crippen LogP contribution in [0.3, 0.4) is 0 Å². The monoisotopic (exact) mass is 354 g/mol. The van der Waals surface area contributed by atoms with Crippen molar-refractivity contribution in [2.24, 2.45) is 4.99 Å². The minimum Gasteiger partial charge on any atom is -0.322 e. The Morgan fingerprint density at radius 1 is 1.18 bits per heavy atom. The molecule has 0 radical (unpaired) electrons. The maximum absolute atomic E-state index is 12.0. The van der Waals surface area contributed by atoms with Crippen LogP contribution in [0.2, 0.25) is 0 Å². The van der Waals surface area contributed by atoms with E-state index in [0.29, 0.717) is 0 Å². The lowest BCUT2D eigenvalue weighted by Gasteiger charge is -2.14. The van der Waals surface area contributed by atoms with Crippen molar-refractivity contribution in [3.63, 3.8) is 0 Å². The summed E-state index contributed by atoms with van der Waals surface area (Å²) >= 11 is 3.38. The Balaban J connectivity index is 1.72. The van der Waals surface area contributed by atoms with Crippen LogP contribution in [0, 0.1) is 0 Å². The number of anilines is 1. The predicted octanol–water partition coefficient (Wildman–Crippen LogP) is 3.99. The molecule has 1 aliphatic heterocycles. The molecule has 2 aromatic carbocycles. The number of amides is 1. The predicted molar refractivity (Wildman–Crippen MR) is 93.5 cm³/mol. The molecule has 0 spiro atoms. The van der Waals surface area contributed by atoms with Gasteiger partial charge in [0, 0.05) is 28.3 Å². The zero-order chi connectivity index (χ0) is 15.4. The van der Waals surface area contributed by atoms with E-state index < -0.39 is 0 Å². The van der Waals surface area contributed by atoms with Crippen LogP contribution in [0.25, 0.3) is 0 Å². The lowest BCUT2D eigenvalue weighted by molar-refractivity contribution is -0.111. The SMILES string of the molecule is O=C(C=CC1=NCCc2ccccc21)Nc1cccc(Br)c1. The van der Waals surface area contributed by atoms with Gasteiger partial charge in [0.25, 0.3) is 0 Å². The van der Waals surface area contributed by atoms with Gasteiger partial charge >= 0.3 is 0 Å². The number of allylic oxidation sites excluding steroid dienone is 1. The Kier molecular flexibility index (Phi) is 4.49. The van der Waals surface area contributed by atoms with Crippen LogP contribution in [-0.2, 0) is 11.2 Å². The van der Waals surface area contributed by atoms with E-state index >= 15 is 0 Å². The molecule has 22 heavy (non-hydrogen) atoms. The highest BCUT2D eigenvalue weighted by molar-refractivity contribution is 9.10. The second-order valence-corrected chi connectivity index (χ2v) is 5.92. The van der Waals surface area contributed by atoms with Crippen LogP contribution in [-0.4, -0.2) is 18.2 Å². The third-order valence-corrected chi connectivity index (χ3v) is 3.93. The molecule has 0 aromatic heterocycles. The number of benzene rings is 2. The van der Waals surface area contributed by atoms with Gasteiger partial charge in [0.05, 0.1) is 5.71 Å². The molecule has 0 atom stereocenters. The van der Waals surface area contributed by atoms with E-state index in [-0.39, 0.29) is 5.91 Å². The van der Waals surface area contributed by atoms with Crippen LogP contribution >= 0.6 is 15.9 Å². The summed E-state index contributed by atoms with van der Waals surface area (Å²) < 4.78 is 0.930. The number of aliphatic imine (C=N–C) groups is 1. The summed E-state index contributed by atoms with van der Waals surface area (Å²) in [7, 11) is 0. The molecule has 3 nitrogen and oxygen atoms in total. The fraction of sp³-hybridized carbons (Fsp3) is 0.111.